The van der Waals surface area contributed by atoms with Crippen LogP contribution < -0.4 is 11.1 Å². The number of aliphatic hydroxyl groups is 3. The number of anilines is 1. The van der Waals surface area contributed by atoms with E-state index in [1.54, 1.807) is 0 Å². The Labute approximate surface area is 231 Å². The molecule has 218 valence electrons. The molecule has 40 heavy (non-hydrogen) atoms. The number of carbonyl (C=O) groups is 3. The maximum atomic E-state index is 15.3. The van der Waals surface area contributed by atoms with Crippen LogP contribution in [-0.2, 0) is 20.8 Å². The van der Waals surface area contributed by atoms with Crippen molar-refractivity contribution in [1.29, 1.82) is 0 Å². The second kappa shape index (κ2) is 9.82. The third-order valence-electron chi connectivity index (χ3n) is 8.01. The highest BCUT2D eigenvalue weighted by Gasteiger charge is 2.64. The number of nitrogens with two attached hydrogens (primary N) is 1. The van der Waals surface area contributed by atoms with E-state index < -0.39 is 69.7 Å². The second-order valence-electron chi connectivity index (χ2n) is 12.2. The Kier molecular flexibility index (Phi) is 7.23. The minimum atomic E-state index is -2.76. The number of carbonyl (C=O) groups excluding carboxylic acids is 3. The van der Waals surface area contributed by atoms with Crippen molar-refractivity contribution < 1.29 is 39.2 Å². The van der Waals surface area contributed by atoms with Crippen LogP contribution >= 0.6 is 0 Å². The zero-order valence-electron chi connectivity index (χ0n) is 23.4. The van der Waals surface area contributed by atoms with Gasteiger partial charge in [-0.1, -0.05) is 13.8 Å². The molecule has 4 rings (SSSR count). The molecular weight excluding hydrogens is 525 g/mol. The highest BCUT2D eigenvalue weighted by Crippen LogP contribution is 2.53. The van der Waals surface area contributed by atoms with Crippen LogP contribution in [0.1, 0.15) is 31.4 Å². The molecule has 0 radical (unpaired) electrons. The summed E-state index contributed by atoms with van der Waals surface area (Å²) in [6.45, 7) is 4.88. The number of halogens is 1. The number of nitrogens with one attached hydrogen (secondary N) is 1. The van der Waals surface area contributed by atoms with Gasteiger partial charge < -0.3 is 36.4 Å². The number of likely N-dealkylation sites (N-methyl/N-ethyl adjacent to an activating group) is 1. The Morgan fingerprint density at radius 3 is 2.38 bits per heavy atom. The van der Waals surface area contributed by atoms with E-state index in [-0.39, 0.29) is 40.8 Å². The van der Waals surface area contributed by atoms with Gasteiger partial charge in [-0.05, 0) is 52.4 Å². The second-order valence-corrected chi connectivity index (χ2v) is 12.2. The predicted octanol–water partition coefficient (Wildman–Crippen LogP) is 0.498. The summed E-state index contributed by atoms with van der Waals surface area (Å²) < 4.78 is 15.3. The summed E-state index contributed by atoms with van der Waals surface area (Å²) in [4.78, 5) is 46.3. The number of rotatable bonds is 7. The van der Waals surface area contributed by atoms with Crippen LogP contribution in [0.2, 0.25) is 0 Å². The van der Waals surface area contributed by atoms with Crippen LogP contribution in [0.3, 0.4) is 0 Å². The van der Waals surface area contributed by atoms with Crippen molar-refractivity contribution in [2.45, 2.75) is 38.3 Å². The van der Waals surface area contributed by atoms with E-state index in [0.717, 1.165) is 0 Å². The Morgan fingerprint density at radius 1 is 1.20 bits per heavy atom. The maximum Gasteiger partial charge on any atom is 0.255 e. The van der Waals surface area contributed by atoms with E-state index in [1.165, 1.54) is 19.0 Å². The van der Waals surface area contributed by atoms with Crippen molar-refractivity contribution in [3.05, 3.63) is 34.0 Å². The minimum Gasteiger partial charge on any atom is -0.508 e. The summed E-state index contributed by atoms with van der Waals surface area (Å²) in [5.41, 5.74) is 0.531. The lowest BCUT2D eigenvalue weighted by molar-refractivity contribution is -0.153. The van der Waals surface area contributed by atoms with Gasteiger partial charge in [-0.2, -0.15) is 9.37 Å². The number of aromatic nitrogens is 1. The van der Waals surface area contributed by atoms with Gasteiger partial charge in [-0.3, -0.25) is 19.3 Å². The molecule has 12 nitrogen and oxygen atoms in total. The third kappa shape index (κ3) is 4.41. The zero-order valence-corrected chi connectivity index (χ0v) is 23.4. The number of amides is 1. The molecule has 0 aliphatic heterocycles. The van der Waals surface area contributed by atoms with Gasteiger partial charge in [0.15, 0.2) is 23.0 Å². The number of aliphatic hydroxyl groups excluding tert-OH is 2. The van der Waals surface area contributed by atoms with Crippen molar-refractivity contribution in [2.75, 3.05) is 46.6 Å². The molecular formula is C27H36FN5O7. The molecule has 1 aromatic heterocycles. The van der Waals surface area contributed by atoms with E-state index in [9.17, 15) is 34.8 Å². The molecule has 3 aliphatic rings. The molecule has 7 N–H and O–H groups in total. The number of nitrogens with zero attached hydrogens (tertiary/aromatic N) is 3. The van der Waals surface area contributed by atoms with Crippen molar-refractivity contribution in [1.82, 2.24) is 14.8 Å². The Hall–Kier alpha value is -3.55. The van der Waals surface area contributed by atoms with Crippen LogP contribution in [-0.4, -0.2) is 106 Å². The number of fused-ring (bicyclic) bond motifs is 3. The molecule has 0 saturated heterocycles. The molecule has 1 fully saturated rings. The van der Waals surface area contributed by atoms with Crippen LogP contribution in [0.25, 0.3) is 5.76 Å². The summed E-state index contributed by atoms with van der Waals surface area (Å²) in [5, 5.41) is 47.8. The first-order chi connectivity index (χ1) is 18.4. The van der Waals surface area contributed by atoms with Gasteiger partial charge in [0.2, 0.25) is 11.7 Å². The van der Waals surface area contributed by atoms with Crippen molar-refractivity contribution >= 4 is 29.1 Å². The number of hydrogen-bond acceptors (Lipinski definition) is 11. The lowest BCUT2D eigenvalue weighted by Crippen LogP contribution is -2.65. The number of primary amides is 1. The highest BCUT2D eigenvalue weighted by atomic mass is 19.1. The highest BCUT2D eigenvalue weighted by molar-refractivity contribution is 6.24. The molecule has 1 saturated carbocycles. The Morgan fingerprint density at radius 2 is 1.82 bits per heavy atom. The lowest BCUT2D eigenvalue weighted by Gasteiger charge is -2.50. The van der Waals surface area contributed by atoms with E-state index in [4.69, 9.17) is 5.73 Å². The minimum absolute atomic E-state index is 0.124. The first-order valence-electron chi connectivity index (χ1n) is 12.9. The van der Waals surface area contributed by atoms with Crippen molar-refractivity contribution in [2.24, 2.45) is 23.0 Å². The van der Waals surface area contributed by atoms with Gasteiger partial charge in [0.05, 0.1) is 11.6 Å². The van der Waals surface area contributed by atoms with E-state index in [0.29, 0.717) is 13.1 Å². The quantitative estimate of drug-likeness (QED) is 0.201. The van der Waals surface area contributed by atoms with Gasteiger partial charge in [-0.15, -0.1) is 0 Å². The van der Waals surface area contributed by atoms with Crippen molar-refractivity contribution in [3.8, 4) is 5.75 Å². The zero-order chi connectivity index (χ0) is 30.1. The van der Waals surface area contributed by atoms with Crippen LogP contribution in [0, 0.1) is 23.2 Å². The molecule has 0 bridgehead atoms. The monoisotopic (exact) mass is 561 g/mol. The summed E-state index contributed by atoms with van der Waals surface area (Å²) in [6.07, 6.45) is -0.308. The van der Waals surface area contributed by atoms with Gasteiger partial charge in [-0.25, -0.2) is 0 Å². The fourth-order valence-electron chi connectivity index (χ4n) is 6.51. The number of hydrogen-bond donors (Lipinski definition) is 6. The maximum absolute atomic E-state index is 15.3. The Bertz CT molecular complexity index is 1370. The van der Waals surface area contributed by atoms with E-state index in [2.05, 4.69) is 10.3 Å². The summed E-state index contributed by atoms with van der Waals surface area (Å²) >= 11 is 0. The SMILES string of the molecule is CN(C)CC(C)(C)CNc1nc(F)c2c(c1O)C(O)=C1C(=O)[C@]3(O)C(O)=C(C(N)=O)C(=O)[C@@H](N(C)C)[C@@H]3C[C@@H]1C2. The van der Waals surface area contributed by atoms with Crippen LogP contribution in [0.15, 0.2) is 16.9 Å². The van der Waals surface area contributed by atoms with Gasteiger partial charge in [0.1, 0.15) is 17.1 Å². The van der Waals surface area contributed by atoms with Crippen LogP contribution in [0.4, 0.5) is 10.2 Å². The average Bonchev–Trinajstić information content (AvgIpc) is 2.81. The first kappa shape index (κ1) is 29.4. The number of ketones is 2. The molecule has 0 aromatic carbocycles. The van der Waals surface area contributed by atoms with Gasteiger partial charge in [0, 0.05) is 30.1 Å². The molecule has 1 aromatic rings. The Balaban J connectivity index is 1.84. The molecule has 1 heterocycles. The summed E-state index contributed by atoms with van der Waals surface area (Å²) in [5.74, 6) is -9.18. The normalized spacial score (nSPS) is 26.7. The van der Waals surface area contributed by atoms with Crippen molar-refractivity contribution in [3.63, 3.8) is 0 Å². The van der Waals surface area contributed by atoms with Gasteiger partial charge >= 0.3 is 0 Å². The summed E-state index contributed by atoms with van der Waals surface area (Å²) in [7, 11) is 6.81. The predicted molar refractivity (Wildman–Crippen MR) is 143 cm³/mol. The van der Waals surface area contributed by atoms with Gasteiger partial charge in [0.25, 0.3) is 5.91 Å². The molecule has 3 aliphatic carbocycles. The van der Waals surface area contributed by atoms with E-state index in [1.807, 2.05) is 32.8 Å². The smallest absolute Gasteiger partial charge is 0.255 e. The molecule has 13 heteroatoms. The molecule has 4 atom stereocenters. The number of aromatic hydroxyl groups is 1. The summed E-state index contributed by atoms with van der Waals surface area (Å²) in [6, 6.07) is -1.22. The largest absolute Gasteiger partial charge is 0.508 e. The average molecular weight is 562 g/mol. The number of Topliss-reactive ketones (excluding diaryl/α,β-unsaturated/α-hetero) is 2. The van der Waals surface area contributed by atoms with Crippen LogP contribution in [0.5, 0.6) is 5.75 Å². The fourth-order valence-corrected chi connectivity index (χ4v) is 6.51. The van der Waals surface area contributed by atoms with E-state index >= 15 is 4.39 Å². The fraction of sp³-hybridized carbons (Fsp3) is 0.556. The lowest BCUT2D eigenvalue weighted by atomic mass is 9.57. The molecule has 0 spiro atoms. The molecule has 0 unspecified atom stereocenters. The number of pyridine rings is 1. The third-order valence-corrected chi connectivity index (χ3v) is 8.01. The first-order valence-corrected chi connectivity index (χ1v) is 12.9. The topological polar surface area (TPSA) is 190 Å². The standard InChI is InChI=1S/C27H36FN5O7/c1-26(2,10-32(3)4)9-30-25-20(36)15-12(23(28)31-25)7-11-8-13-17(33(5)6)19(35)16(24(29)39)22(38)27(13,40)21(37)14(11)18(15)34/h11,13,17,34,36,38,40H,7-10H2,1-6H3,(H2,29,39)(H,30,31)/t11-,13-,17-,27-/m0/s1. The molecule has 1 amide bonds.